The van der Waals surface area contributed by atoms with Crippen LogP contribution in [0.15, 0.2) is 77.8 Å². The van der Waals surface area contributed by atoms with Gasteiger partial charge >= 0.3 is 0 Å². The molecule has 2 saturated heterocycles. The average molecular weight is 734 g/mol. The molecule has 0 radical (unpaired) electrons. The molecule has 6 rings (SSSR count). The summed E-state index contributed by atoms with van der Waals surface area (Å²) >= 11 is 6.41. The minimum Gasteiger partial charge on any atom is -0.494 e. The highest BCUT2D eigenvalue weighted by atomic mass is 35.5. The van der Waals surface area contributed by atoms with Gasteiger partial charge in [-0.1, -0.05) is 29.8 Å². The number of carbonyl (C=O) groups excluding carboxylic acids is 2. The van der Waals surface area contributed by atoms with Crippen molar-refractivity contribution in [2.75, 3.05) is 89.1 Å². The molecule has 4 aromatic rings. The highest BCUT2D eigenvalue weighted by molar-refractivity contribution is 7.89. The Balaban J connectivity index is 1.10. The lowest BCUT2D eigenvalue weighted by atomic mass is 10.1. The van der Waals surface area contributed by atoms with Crippen LogP contribution in [0.1, 0.15) is 20.7 Å². The molecule has 268 valence electrons. The van der Waals surface area contributed by atoms with Crippen molar-refractivity contribution >= 4 is 62.3 Å². The molecule has 51 heavy (non-hydrogen) atoms. The van der Waals surface area contributed by atoms with E-state index in [9.17, 15) is 18.0 Å². The second-order valence-corrected chi connectivity index (χ2v) is 14.5. The molecule has 14 nitrogen and oxygen atoms in total. The number of hydrogen-bond donors (Lipinski definition) is 3. The minimum atomic E-state index is -3.69. The predicted molar refractivity (Wildman–Crippen MR) is 197 cm³/mol. The summed E-state index contributed by atoms with van der Waals surface area (Å²) in [5.41, 5.74) is 2.87. The molecule has 2 amide bonds. The quantitative estimate of drug-likeness (QED) is 0.218. The molecule has 0 saturated carbocycles. The lowest BCUT2D eigenvalue weighted by molar-refractivity contribution is 0.0746. The van der Waals surface area contributed by atoms with Crippen LogP contribution < -0.4 is 25.6 Å². The lowest BCUT2D eigenvalue weighted by Crippen LogP contribution is -2.49. The van der Waals surface area contributed by atoms with Gasteiger partial charge in [0.15, 0.2) is 5.82 Å². The Bertz CT molecular complexity index is 2020. The van der Waals surface area contributed by atoms with Gasteiger partial charge in [-0.15, -0.1) is 0 Å². The Morgan fingerprint density at radius 3 is 2.33 bits per heavy atom. The third-order valence-corrected chi connectivity index (χ3v) is 11.1. The number of methoxy groups -OCH3 is 1. The highest BCUT2D eigenvalue weighted by Crippen LogP contribution is 2.33. The van der Waals surface area contributed by atoms with Crippen molar-refractivity contribution in [2.45, 2.75) is 4.90 Å². The Morgan fingerprint density at radius 1 is 0.863 bits per heavy atom. The molecule has 3 heterocycles. The summed E-state index contributed by atoms with van der Waals surface area (Å²) < 4.78 is 33.8. The summed E-state index contributed by atoms with van der Waals surface area (Å²) in [6.45, 7) is 4.27. The van der Waals surface area contributed by atoms with Gasteiger partial charge in [0, 0.05) is 76.7 Å². The predicted octanol–water partition coefficient (Wildman–Crippen LogP) is 3.88. The number of carbonyl (C=O) groups is 2. The fourth-order valence-electron chi connectivity index (χ4n) is 5.99. The first-order chi connectivity index (χ1) is 24.6. The summed E-state index contributed by atoms with van der Waals surface area (Å²) in [6, 6.07) is 19.1. The van der Waals surface area contributed by atoms with Crippen molar-refractivity contribution in [3.8, 4) is 5.75 Å². The molecule has 2 aliphatic heterocycles. The maximum absolute atomic E-state index is 13.5. The number of ether oxygens (including phenoxy) is 1. The van der Waals surface area contributed by atoms with Gasteiger partial charge in [0.2, 0.25) is 16.0 Å². The topological polar surface area (TPSA) is 152 Å². The van der Waals surface area contributed by atoms with E-state index in [1.807, 2.05) is 25.2 Å². The zero-order valence-electron chi connectivity index (χ0n) is 28.6. The Kier molecular flexibility index (Phi) is 10.9. The summed E-state index contributed by atoms with van der Waals surface area (Å²) in [5, 5.41) is 9.22. The van der Waals surface area contributed by atoms with E-state index in [0.717, 1.165) is 5.69 Å². The van der Waals surface area contributed by atoms with Gasteiger partial charge in [0.1, 0.15) is 10.8 Å². The average Bonchev–Trinajstić information content (AvgIpc) is 3.16. The van der Waals surface area contributed by atoms with Gasteiger partial charge in [0.25, 0.3) is 11.8 Å². The van der Waals surface area contributed by atoms with E-state index < -0.39 is 10.0 Å². The van der Waals surface area contributed by atoms with Crippen molar-refractivity contribution in [1.29, 1.82) is 0 Å². The normalized spacial score (nSPS) is 15.7. The van der Waals surface area contributed by atoms with Crippen LogP contribution in [0.4, 0.5) is 28.8 Å². The SMILES string of the molecule is CNC(=O)c1ccccc1Nc1nc(Nc2ccc(N3CCN(C(=O)c4cccc(S(=O)(=O)N5CCN(C)CC5)c4)CC3)cc2OC)ncc1Cl. The summed E-state index contributed by atoms with van der Waals surface area (Å²) in [4.78, 5) is 40.8. The first kappa shape index (κ1) is 35.9. The van der Waals surface area contributed by atoms with Crippen LogP contribution in [-0.4, -0.2) is 118 Å². The lowest BCUT2D eigenvalue weighted by Gasteiger charge is -2.36. The number of likely N-dealkylation sites (N-methyl/N-ethyl adjacent to an activating group) is 1. The molecule has 1 aromatic heterocycles. The molecule has 0 unspecified atom stereocenters. The number of amides is 2. The van der Waals surface area contributed by atoms with E-state index in [1.54, 1.807) is 61.5 Å². The number of aromatic nitrogens is 2. The molecule has 0 spiro atoms. The molecular weight excluding hydrogens is 694 g/mol. The molecule has 3 N–H and O–H groups in total. The number of hydrogen-bond acceptors (Lipinski definition) is 11. The number of halogens is 1. The monoisotopic (exact) mass is 733 g/mol. The Labute approximate surface area is 302 Å². The third kappa shape index (κ3) is 8.01. The van der Waals surface area contributed by atoms with Gasteiger partial charge < -0.3 is 35.4 Å². The number of nitrogens with zero attached hydrogens (tertiary/aromatic N) is 6. The first-order valence-electron chi connectivity index (χ1n) is 16.5. The number of nitrogens with one attached hydrogen (secondary N) is 3. The molecule has 2 aliphatic rings. The molecular formula is C35H40ClN9O5S. The largest absolute Gasteiger partial charge is 0.494 e. The third-order valence-electron chi connectivity index (χ3n) is 8.94. The maximum atomic E-state index is 13.5. The second kappa shape index (κ2) is 15.5. The fraction of sp³-hybridized carbons (Fsp3) is 0.314. The van der Waals surface area contributed by atoms with Gasteiger partial charge in [-0.3, -0.25) is 9.59 Å². The minimum absolute atomic E-state index is 0.139. The number of sulfonamides is 1. The number of piperazine rings is 2. The van der Waals surface area contributed by atoms with Crippen LogP contribution in [-0.2, 0) is 10.0 Å². The highest BCUT2D eigenvalue weighted by Gasteiger charge is 2.29. The van der Waals surface area contributed by atoms with E-state index in [2.05, 4.69) is 35.7 Å². The van der Waals surface area contributed by atoms with E-state index in [4.69, 9.17) is 16.3 Å². The van der Waals surface area contributed by atoms with Gasteiger partial charge in [-0.2, -0.15) is 9.29 Å². The molecule has 3 aromatic carbocycles. The standard InChI is InChI=1S/C35H40ClN9O5S/c1-37-33(46)27-9-4-5-10-29(27)39-32-28(36)23-38-35(41-32)40-30-12-11-25(22-31(30)50-3)43-15-17-44(18-16-43)34(47)24-7-6-8-26(21-24)51(48,49)45-19-13-42(2)14-20-45/h4-12,21-23H,13-20H2,1-3H3,(H,37,46)(H2,38,39,40,41). The molecule has 0 atom stereocenters. The van der Waals surface area contributed by atoms with E-state index in [0.29, 0.717) is 86.4 Å². The summed E-state index contributed by atoms with van der Waals surface area (Å²) in [6.07, 6.45) is 1.46. The maximum Gasteiger partial charge on any atom is 0.254 e. The molecule has 16 heteroatoms. The van der Waals surface area contributed by atoms with Crippen LogP contribution in [0.3, 0.4) is 0 Å². The van der Waals surface area contributed by atoms with Crippen LogP contribution >= 0.6 is 11.6 Å². The number of rotatable bonds is 10. The van der Waals surface area contributed by atoms with Gasteiger partial charge in [0.05, 0.1) is 35.1 Å². The van der Waals surface area contributed by atoms with Crippen LogP contribution in [0.25, 0.3) is 0 Å². The van der Waals surface area contributed by atoms with E-state index >= 15 is 0 Å². The smallest absolute Gasteiger partial charge is 0.254 e. The summed E-state index contributed by atoms with van der Waals surface area (Å²) in [7, 11) is 1.42. The Morgan fingerprint density at radius 2 is 1.61 bits per heavy atom. The number of para-hydroxylation sites is 1. The van der Waals surface area contributed by atoms with Crippen LogP contribution in [0, 0.1) is 0 Å². The van der Waals surface area contributed by atoms with Crippen molar-refractivity contribution in [3.63, 3.8) is 0 Å². The second-order valence-electron chi connectivity index (χ2n) is 12.2. The fourth-order valence-corrected chi connectivity index (χ4v) is 7.59. The molecule has 2 fully saturated rings. The van der Waals surface area contributed by atoms with Crippen molar-refractivity contribution in [1.82, 2.24) is 29.4 Å². The number of benzene rings is 3. The zero-order chi connectivity index (χ0) is 36.1. The van der Waals surface area contributed by atoms with Crippen molar-refractivity contribution < 1.29 is 22.7 Å². The van der Waals surface area contributed by atoms with Crippen LogP contribution in [0.5, 0.6) is 5.75 Å². The Hall–Kier alpha value is -4.96. The zero-order valence-corrected chi connectivity index (χ0v) is 30.2. The summed E-state index contributed by atoms with van der Waals surface area (Å²) in [5.74, 6) is 0.687. The molecule has 0 aliphatic carbocycles. The van der Waals surface area contributed by atoms with Gasteiger partial charge in [-0.05, 0) is 49.5 Å². The van der Waals surface area contributed by atoms with Crippen LogP contribution in [0.2, 0.25) is 5.02 Å². The van der Waals surface area contributed by atoms with E-state index in [-0.39, 0.29) is 27.7 Å². The van der Waals surface area contributed by atoms with Crippen molar-refractivity contribution in [2.24, 2.45) is 0 Å². The molecule has 0 bridgehead atoms. The van der Waals surface area contributed by atoms with E-state index in [1.165, 1.54) is 16.6 Å². The number of anilines is 5. The first-order valence-corrected chi connectivity index (χ1v) is 18.3. The van der Waals surface area contributed by atoms with Crippen molar-refractivity contribution in [3.05, 3.63) is 89.1 Å². The van der Waals surface area contributed by atoms with Gasteiger partial charge in [-0.25, -0.2) is 13.4 Å².